The molecule has 3 atom stereocenters. The van der Waals surface area contributed by atoms with Crippen LogP contribution < -0.4 is 11.1 Å². The van der Waals surface area contributed by atoms with Crippen LogP contribution >= 0.6 is 0 Å². The summed E-state index contributed by atoms with van der Waals surface area (Å²) in [5, 5.41) is 3.42. The topological polar surface area (TPSA) is 135 Å². The molecule has 1 aromatic heterocycles. The van der Waals surface area contributed by atoms with Gasteiger partial charge in [0.1, 0.15) is 17.9 Å². The highest BCUT2D eigenvalue weighted by Crippen LogP contribution is 2.43. The molecule has 2 heterocycles. The van der Waals surface area contributed by atoms with Crippen molar-refractivity contribution < 1.29 is 23.3 Å². The van der Waals surface area contributed by atoms with Gasteiger partial charge in [-0.05, 0) is 66.8 Å². The Morgan fingerprint density at radius 2 is 1.42 bits per heavy atom. The monoisotopic (exact) mass is 730 g/mol. The quantitative estimate of drug-likeness (QED) is 0.135. The van der Waals surface area contributed by atoms with Gasteiger partial charge < -0.3 is 25.7 Å². The highest BCUT2D eigenvalue weighted by molar-refractivity contribution is 7.86. The predicted molar refractivity (Wildman–Crippen MR) is 207 cm³/mol. The molecule has 53 heavy (non-hydrogen) atoms. The molecule has 3 unspecified atom stereocenters. The van der Waals surface area contributed by atoms with Crippen LogP contribution in [0.15, 0.2) is 121 Å². The van der Waals surface area contributed by atoms with Gasteiger partial charge >= 0.3 is 0 Å². The lowest BCUT2D eigenvalue weighted by atomic mass is 9.79. The van der Waals surface area contributed by atoms with Crippen molar-refractivity contribution >= 4 is 39.4 Å². The molecule has 0 bridgehead atoms. The maximum Gasteiger partial charge on any atom is 0.249 e. The van der Waals surface area contributed by atoms with Gasteiger partial charge in [-0.1, -0.05) is 109 Å². The van der Waals surface area contributed by atoms with E-state index in [2.05, 4.69) is 10.3 Å². The number of carbonyl (C=O) groups excluding carboxylic acids is 3. The van der Waals surface area contributed by atoms with Crippen LogP contribution in [0.25, 0.3) is 10.9 Å². The van der Waals surface area contributed by atoms with E-state index >= 15 is 0 Å². The van der Waals surface area contributed by atoms with E-state index < -0.39 is 39.7 Å². The summed E-state index contributed by atoms with van der Waals surface area (Å²) in [7, 11) is -1.51. The first-order chi connectivity index (χ1) is 25.8. The minimum atomic E-state index is -1.51. The van der Waals surface area contributed by atoms with Crippen molar-refractivity contribution in [1.82, 2.24) is 15.2 Å². The van der Waals surface area contributed by atoms with E-state index in [4.69, 9.17) is 10.5 Å². The van der Waals surface area contributed by atoms with Gasteiger partial charge in [-0.3, -0.25) is 18.6 Å². The molecular formula is C43H46N4O5S. The fourth-order valence-corrected chi connectivity index (χ4v) is 9.55. The van der Waals surface area contributed by atoms with Crippen LogP contribution in [0.5, 0.6) is 0 Å². The molecule has 3 amide bonds. The Labute approximate surface area is 312 Å². The Balaban J connectivity index is 1.01. The standard InChI is InChI=1S/C43H46N4O5S/c44-41(49)37(26-33-27-45-36-19-11-10-18-35(33)36)46-42(50)38-22-25-43(52-38)23-20-34(21-24-43)47(28-30-12-4-1-5-13-30)39(48)29-53(51)40(31-14-6-2-7-15-31)32-16-8-3-9-17-32/h1-19,27,34,37-38,40,45H,20-26,28-29H2,(H2,44,49)(H,46,50). The first kappa shape index (κ1) is 36.3. The van der Waals surface area contributed by atoms with Gasteiger partial charge in [-0.15, -0.1) is 0 Å². The molecular weight excluding hydrogens is 685 g/mol. The highest BCUT2D eigenvalue weighted by atomic mass is 32.2. The number of ether oxygens (including phenoxy) is 1. The summed E-state index contributed by atoms with van der Waals surface area (Å²) in [6, 6.07) is 36.3. The first-order valence-corrected chi connectivity index (χ1v) is 19.8. The number of aromatic amines is 1. The molecule has 5 aromatic rings. The number of aromatic nitrogens is 1. The van der Waals surface area contributed by atoms with Crippen LogP contribution in [0.3, 0.4) is 0 Å². The predicted octanol–water partition coefficient (Wildman–Crippen LogP) is 6.11. The second-order valence-electron chi connectivity index (χ2n) is 14.3. The molecule has 0 radical (unpaired) electrons. The van der Waals surface area contributed by atoms with Crippen molar-refractivity contribution in [2.24, 2.45) is 5.73 Å². The number of primary amides is 1. The van der Waals surface area contributed by atoms with Crippen LogP contribution in [-0.4, -0.2) is 61.4 Å². The fourth-order valence-electron chi connectivity index (χ4n) is 8.06. The molecule has 7 rings (SSSR count). The Hall–Kier alpha value is -5.06. The van der Waals surface area contributed by atoms with Gasteiger partial charge in [0.2, 0.25) is 17.7 Å². The molecule has 274 valence electrons. The third kappa shape index (κ3) is 8.45. The second kappa shape index (κ2) is 16.3. The third-order valence-electron chi connectivity index (χ3n) is 10.9. The number of amides is 3. The Morgan fingerprint density at radius 1 is 0.830 bits per heavy atom. The smallest absolute Gasteiger partial charge is 0.249 e. The van der Waals surface area contributed by atoms with E-state index in [1.807, 2.05) is 126 Å². The van der Waals surface area contributed by atoms with Crippen LogP contribution in [0.4, 0.5) is 0 Å². The maximum atomic E-state index is 14.2. The number of carbonyl (C=O) groups is 3. The number of para-hydroxylation sites is 1. The molecule has 1 saturated carbocycles. The molecule has 1 aliphatic carbocycles. The molecule has 4 aromatic carbocycles. The molecule has 2 aliphatic rings. The lowest BCUT2D eigenvalue weighted by molar-refractivity contribution is -0.144. The van der Waals surface area contributed by atoms with E-state index in [0.29, 0.717) is 45.1 Å². The molecule has 4 N–H and O–H groups in total. The number of H-pyrrole nitrogens is 1. The molecule has 1 aliphatic heterocycles. The number of nitrogens with one attached hydrogen (secondary N) is 2. The lowest BCUT2D eigenvalue weighted by Crippen LogP contribution is -2.50. The highest BCUT2D eigenvalue weighted by Gasteiger charge is 2.46. The van der Waals surface area contributed by atoms with Crippen LogP contribution in [-0.2, 0) is 42.9 Å². The summed E-state index contributed by atoms with van der Waals surface area (Å²) in [5.41, 5.74) is 9.97. The molecule has 1 saturated heterocycles. The summed E-state index contributed by atoms with van der Waals surface area (Å²) in [5.74, 6) is -1.16. The van der Waals surface area contributed by atoms with Crippen LogP contribution in [0.2, 0.25) is 0 Å². The zero-order valence-electron chi connectivity index (χ0n) is 29.7. The minimum Gasteiger partial charge on any atom is -0.368 e. The zero-order chi connectivity index (χ0) is 36.8. The number of hydrogen-bond acceptors (Lipinski definition) is 5. The third-order valence-corrected chi connectivity index (χ3v) is 12.5. The normalized spacial score (nSPS) is 21.0. The molecule has 9 nitrogen and oxygen atoms in total. The van der Waals surface area contributed by atoms with Crippen LogP contribution in [0, 0.1) is 0 Å². The zero-order valence-corrected chi connectivity index (χ0v) is 30.5. The van der Waals surface area contributed by atoms with Gasteiger partial charge in [0.15, 0.2) is 0 Å². The van der Waals surface area contributed by atoms with E-state index in [9.17, 15) is 18.6 Å². The van der Waals surface area contributed by atoms with Gasteiger partial charge in [0.25, 0.3) is 0 Å². The summed E-state index contributed by atoms with van der Waals surface area (Å²) in [4.78, 5) is 45.3. The average Bonchev–Trinajstić information content (AvgIpc) is 3.79. The summed E-state index contributed by atoms with van der Waals surface area (Å²) in [6.07, 6.45) is 5.47. The minimum absolute atomic E-state index is 0.0656. The first-order valence-electron chi connectivity index (χ1n) is 18.4. The van der Waals surface area contributed by atoms with Crippen molar-refractivity contribution in [1.29, 1.82) is 0 Å². The molecule has 1 spiro atoms. The summed E-state index contributed by atoms with van der Waals surface area (Å²) < 4.78 is 20.7. The van der Waals surface area contributed by atoms with Gasteiger partial charge in [-0.2, -0.15) is 0 Å². The molecule has 10 heteroatoms. The second-order valence-corrected chi connectivity index (χ2v) is 15.8. The van der Waals surface area contributed by atoms with Crippen molar-refractivity contribution in [3.05, 3.63) is 144 Å². The largest absolute Gasteiger partial charge is 0.368 e. The van der Waals surface area contributed by atoms with Crippen molar-refractivity contribution in [3.8, 4) is 0 Å². The maximum absolute atomic E-state index is 14.2. The Bertz CT molecular complexity index is 2010. The van der Waals surface area contributed by atoms with E-state index in [0.717, 1.165) is 33.2 Å². The summed E-state index contributed by atoms with van der Waals surface area (Å²) >= 11 is 0. The fraction of sp³-hybridized carbons (Fsp3) is 0.326. The Morgan fingerprint density at radius 3 is 2.06 bits per heavy atom. The lowest BCUT2D eigenvalue weighted by Gasteiger charge is -2.41. The number of nitrogens with zero attached hydrogens (tertiary/aromatic N) is 1. The van der Waals surface area contributed by atoms with E-state index in [-0.39, 0.29) is 30.0 Å². The number of benzene rings is 4. The van der Waals surface area contributed by atoms with Crippen molar-refractivity contribution in [2.75, 3.05) is 5.75 Å². The van der Waals surface area contributed by atoms with Crippen molar-refractivity contribution in [3.63, 3.8) is 0 Å². The van der Waals surface area contributed by atoms with Crippen LogP contribution in [0.1, 0.15) is 66.0 Å². The van der Waals surface area contributed by atoms with Gasteiger partial charge in [0, 0.05) is 46.9 Å². The number of rotatable bonds is 13. The van der Waals surface area contributed by atoms with Crippen molar-refractivity contribution in [2.45, 2.75) is 80.5 Å². The van der Waals surface area contributed by atoms with Gasteiger partial charge in [-0.25, -0.2) is 0 Å². The average molecular weight is 731 g/mol. The summed E-state index contributed by atoms with van der Waals surface area (Å²) in [6.45, 7) is 0.423. The van der Waals surface area contributed by atoms with E-state index in [1.54, 1.807) is 0 Å². The van der Waals surface area contributed by atoms with E-state index in [1.165, 1.54) is 0 Å². The number of nitrogens with two attached hydrogens (primary N) is 1. The Kier molecular flexibility index (Phi) is 11.2. The molecule has 2 fully saturated rings. The number of fused-ring (bicyclic) bond motifs is 1. The number of hydrogen-bond donors (Lipinski definition) is 3. The SMILES string of the molecule is NC(=O)C(Cc1c[nH]c2ccccc12)NC(=O)C1CCC2(CCC(N(Cc3ccccc3)C(=O)CS(=O)C(c3ccccc3)c3ccccc3)CC2)O1. The van der Waals surface area contributed by atoms with Gasteiger partial charge in [0.05, 0.1) is 10.9 Å².